The Balaban J connectivity index is 2.59. The molecule has 4 heteroatoms. The molecule has 0 bridgehead atoms. The van der Waals surface area contributed by atoms with Crippen LogP contribution in [0.4, 0.5) is 0 Å². The number of carbonyl (C=O) groups is 1. The van der Waals surface area contributed by atoms with Gasteiger partial charge < -0.3 is 10.1 Å². The number of methoxy groups -OCH3 is 1. The van der Waals surface area contributed by atoms with Crippen molar-refractivity contribution < 1.29 is 9.53 Å². The van der Waals surface area contributed by atoms with Crippen LogP contribution in [0, 0.1) is 0 Å². The van der Waals surface area contributed by atoms with Gasteiger partial charge in [0.05, 0.1) is 7.11 Å². The third-order valence-electron chi connectivity index (χ3n) is 3.66. The third kappa shape index (κ3) is 4.58. The number of carbonyl (C=O) groups excluding carboxylic acids is 1. The number of hydrogen-bond acceptors (Lipinski definition) is 4. The van der Waals surface area contributed by atoms with Crippen LogP contribution in [0.1, 0.15) is 46.5 Å². The lowest BCUT2D eigenvalue weighted by Crippen LogP contribution is -2.52. The van der Waals surface area contributed by atoms with Gasteiger partial charge >= 0.3 is 5.97 Å². The standard InChI is InChI=1S/C14H28N2O2/c1-5-12-8-6-7-9-16(12)10-13(14(17)18-4)15-11(2)3/h11-13,15H,5-10H2,1-4H3. The zero-order valence-electron chi connectivity index (χ0n) is 12.2. The van der Waals surface area contributed by atoms with Crippen molar-refractivity contribution in [1.82, 2.24) is 10.2 Å². The second-order valence-corrected chi connectivity index (χ2v) is 5.45. The Kier molecular flexibility index (Phi) is 6.65. The molecule has 0 aliphatic carbocycles. The van der Waals surface area contributed by atoms with E-state index in [1.165, 1.54) is 26.4 Å². The van der Waals surface area contributed by atoms with Gasteiger partial charge in [0.15, 0.2) is 0 Å². The summed E-state index contributed by atoms with van der Waals surface area (Å²) in [7, 11) is 1.46. The Morgan fingerprint density at radius 1 is 1.44 bits per heavy atom. The molecule has 106 valence electrons. The molecule has 2 atom stereocenters. The molecule has 1 heterocycles. The van der Waals surface area contributed by atoms with Crippen LogP contribution in [0.25, 0.3) is 0 Å². The molecule has 0 aromatic heterocycles. The van der Waals surface area contributed by atoms with Crippen molar-refractivity contribution in [2.75, 3.05) is 20.2 Å². The van der Waals surface area contributed by atoms with Crippen LogP contribution in [0.3, 0.4) is 0 Å². The average Bonchev–Trinajstić information content (AvgIpc) is 2.37. The summed E-state index contributed by atoms with van der Waals surface area (Å²) in [5, 5.41) is 3.31. The fraction of sp³-hybridized carbons (Fsp3) is 0.929. The monoisotopic (exact) mass is 256 g/mol. The first kappa shape index (κ1) is 15.4. The fourth-order valence-corrected chi connectivity index (χ4v) is 2.74. The van der Waals surface area contributed by atoms with E-state index < -0.39 is 0 Å². The van der Waals surface area contributed by atoms with E-state index in [2.05, 4.69) is 31.0 Å². The van der Waals surface area contributed by atoms with Crippen LogP contribution in [0.5, 0.6) is 0 Å². The minimum Gasteiger partial charge on any atom is -0.468 e. The van der Waals surface area contributed by atoms with E-state index in [0.717, 1.165) is 19.5 Å². The number of likely N-dealkylation sites (tertiary alicyclic amines) is 1. The lowest BCUT2D eigenvalue weighted by atomic mass is 9.99. The van der Waals surface area contributed by atoms with Crippen LogP contribution in [-0.4, -0.2) is 49.2 Å². The number of nitrogens with zero attached hydrogens (tertiary/aromatic N) is 1. The van der Waals surface area contributed by atoms with Gasteiger partial charge in [0.2, 0.25) is 0 Å². The minimum atomic E-state index is -0.206. The molecule has 0 spiro atoms. The number of ether oxygens (including phenoxy) is 1. The molecule has 0 saturated carbocycles. The lowest BCUT2D eigenvalue weighted by molar-refractivity contribution is -0.144. The van der Waals surface area contributed by atoms with Gasteiger partial charge in [0, 0.05) is 18.6 Å². The van der Waals surface area contributed by atoms with E-state index >= 15 is 0 Å². The van der Waals surface area contributed by atoms with Crippen molar-refractivity contribution >= 4 is 5.97 Å². The number of nitrogens with one attached hydrogen (secondary N) is 1. The van der Waals surface area contributed by atoms with Gasteiger partial charge in [-0.05, 0) is 25.8 Å². The van der Waals surface area contributed by atoms with Crippen molar-refractivity contribution in [2.45, 2.75) is 64.6 Å². The Hall–Kier alpha value is -0.610. The van der Waals surface area contributed by atoms with Crippen molar-refractivity contribution in [3.05, 3.63) is 0 Å². The maximum atomic E-state index is 11.8. The van der Waals surface area contributed by atoms with Gasteiger partial charge in [0.25, 0.3) is 0 Å². The number of rotatable bonds is 6. The number of esters is 1. The maximum absolute atomic E-state index is 11.8. The predicted octanol–water partition coefficient (Wildman–Crippen LogP) is 1.79. The maximum Gasteiger partial charge on any atom is 0.324 e. The molecule has 1 fully saturated rings. The first-order chi connectivity index (χ1) is 8.58. The highest BCUT2D eigenvalue weighted by Gasteiger charge is 2.27. The van der Waals surface area contributed by atoms with Gasteiger partial charge in [-0.3, -0.25) is 9.69 Å². The molecule has 1 saturated heterocycles. The average molecular weight is 256 g/mol. The second kappa shape index (κ2) is 7.74. The van der Waals surface area contributed by atoms with Crippen LogP contribution >= 0.6 is 0 Å². The topological polar surface area (TPSA) is 41.6 Å². The summed E-state index contributed by atoms with van der Waals surface area (Å²) in [6.45, 7) is 8.22. The van der Waals surface area contributed by atoms with Crippen LogP contribution in [-0.2, 0) is 9.53 Å². The quantitative estimate of drug-likeness (QED) is 0.736. The van der Waals surface area contributed by atoms with Gasteiger partial charge in [-0.25, -0.2) is 0 Å². The van der Waals surface area contributed by atoms with Crippen molar-refractivity contribution in [3.63, 3.8) is 0 Å². The summed E-state index contributed by atoms with van der Waals surface area (Å²) in [4.78, 5) is 14.2. The largest absolute Gasteiger partial charge is 0.468 e. The first-order valence-corrected chi connectivity index (χ1v) is 7.16. The fourth-order valence-electron chi connectivity index (χ4n) is 2.74. The lowest BCUT2D eigenvalue weighted by Gasteiger charge is -2.37. The highest BCUT2D eigenvalue weighted by atomic mass is 16.5. The molecule has 1 aliphatic rings. The second-order valence-electron chi connectivity index (χ2n) is 5.45. The van der Waals surface area contributed by atoms with Crippen LogP contribution in [0.15, 0.2) is 0 Å². The van der Waals surface area contributed by atoms with Crippen molar-refractivity contribution in [2.24, 2.45) is 0 Å². The molecule has 2 unspecified atom stereocenters. The molecule has 1 aliphatic heterocycles. The molecule has 0 aromatic rings. The predicted molar refractivity (Wildman–Crippen MR) is 73.6 cm³/mol. The Bertz CT molecular complexity index is 256. The van der Waals surface area contributed by atoms with E-state index in [9.17, 15) is 4.79 Å². The summed E-state index contributed by atoms with van der Waals surface area (Å²) in [6.07, 6.45) is 4.98. The Morgan fingerprint density at radius 2 is 2.17 bits per heavy atom. The zero-order valence-corrected chi connectivity index (χ0v) is 12.2. The highest BCUT2D eigenvalue weighted by molar-refractivity contribution is 5.76. The molecule has 4 nitrogen and oxygen atoms in total. The smallest absolute Gasteiger partial charge is 0.324 e. The first-order valence-electron chi connectivity index (χ1n) is 7.16. The van der Waals surface area contributed by atoms with Gasteiger partial charge in [-0.2, -0.15) is 0 Å². The number of piperidine rings is 1. The van der Waals surface area contributed by atoms with Crippen molar-refractivity contribution in [1.29, 1.82) is 0 Å². The summed E-state index contributed by atoms with van der Waals surface area (Å²) in [6, 6.07) is 0.709. The van der Waals surface area contributed by atoms with E-state index in [-0.39, 0.29) is 12.0 Å². The zero-order chi connectivity index (χ0) is 13.5. The van der Waals surface area contributed by atoms with Crippen molar-refractivity contribution in [3.8, 4) is 0 Å². The summed E-state index contributed by atoms with van der Waals surface area (Å²) < 4.78 is 4.90. The molecule has 0 amide bonds. The molecule has 1 rings (SSSR count). The Morgan fingerprint density at radius 3 is 2.72 bits per heavy atom. The van der Waals surface area contributed by atoms with Crippen LogP contribution < -0.4 is 5.32 Å². The third-order valence-corrected chi connectivity index (χ3v) is 3.66. The summed E-state index contributed by atoms with van der Waals surface area (Å²) >= 11 is 0. The SMILES string of the molecule is CCC1CCCCN1CC(NC(C)C)C(=O)OC. The van der Waals surface area contributed by atoms with Gasteiger partial charge in [0.1, 0.15) is 6.04 Å². The Labute approximate surface area is 111 Å². The van der Waals surface area contributed by atoms with E-state index in [0.29, 0.717) is 12.1 Å². The summed E-state index contributed by atoms with van der Waals surface area (Å²) in [5.41, 5.74) is 0. The molecule has 0 radical (unpaired) electrons. The van der Waals surface area contributed by atoms with E-state index in [4.69, 9.17) is 4.74 Å². The van der Waals surface area contributed by atoms with Crippen LogP contribution in [0.2, 0.25) is 0 Å². The molecule has 0 aromatic carbocycles. The van der Waals surface area contributed by atoms with Gasteiger partial charge in [-0.15, -0.1) is 0 Å². The molecule has 18 heavy (non-hydrogen) atoms. The highest BCUT2D eigenvalue weighted by Crippen LogP contribution is 2.19. The molecule has 1 N–H and O–H groups in total. The molecular formula is C14H28N2O2. The van der Waals surface area contributed by atoms with E-state index in [1.54, 1.807) is 0 Å². The van der Waals surface area contributed by atoms with E-state index in [1.807, 2.05) is 0 Å². The number of hydrogen-bond donors (Lipinski definition) is 1. The normalized spacial score (nSPS) is 23.1. The summed E-state index contributed by atoms with van der Waals surface area (Å²) in [5.74, 6) is -0.149. The molecular weight excluding hydrogens is 228 g/mol. The minimum absolute atomic E-state index is 0.149. The van der Waals surface area contributed by atoms with Gasteiger partial charge in [-0.1, -0.05) is 27.2 Å².